The topological polar surface area (TPSA) is 103 Å². The van der Waals surface area contributed by atoms with Crippen LogP contribution in [0.25, 0.3) is 0 Å². The van der Waals surface area contributed by atoms with Gasteiger partial charge in [0.15, 0.2) is 11.5 Å². The van der Waals surface area contributed by atoms with Crippen molar-refractivity contribution in [2.45, 2.75) is 12.3 Å². The minimum Gasteiger partial charge on any atom is -0.493 e. The normalized spacial score (nSPS) is 15.5. The van der Waals surface area contributed by atoms with Crippen molar-refractivity contribution in [3.8, 4) is 17.2 Å². The molecule has 1 aromatic heterocycles. The summed E-state index contributed by atoms with van der Waals surface area (Å²) in [5.41, 5.74) is 1.10. The van der Waals surface area contributed by atoms with E-state index < -0.39 is 5.91 Å². The van der Waals surface area contributed by atoms with Crippen LogP contribution in [0.3, 0.4) is 0 Å². The summed E-state index contributed by atoms with van der Waals surface area (Å²) in [5.74, 6) is 0.615. The van der Waals surface area contributed by atoms with Crippen LogP contribution in [0.5, 0.6) is 17.2 Å². The summed E-state index contributed by atoms with van der Waals surface area (Å²) in [7, 11) is 4.45. The van der Waals surface area contributed by atoms with Gasteiger partial charge in [-0.1, -0.05) is 22.9 Å². The van der Waals surface area contributed by atoms with Gasteiger partial charge in [0.1, 0.15) is 5.01 Å². The molecule has 11 heteroatoms. The average Bonchev–Trinajstić information content (AvgIpc) is 3.45. The summed E-state index contributed by atoms with van der Waals surface area (Å²) in [4.78, 5) is 27.0. The summed E-state index contributed by atoms with van der Waals surface area (Å²) < 4.78 is 15.9. The number of benzene rings is 2. The van der Waals surface area contributed by atoms with Crippen LogP contribution in [0, 0.1) is 0 Å². The van der Waals surface area contributed by atoms with Crippen LogP contribution >= 0.6 is 22.9 Å². The Balaban J connectivity index is 1.47. The third-order valence-electron chi connectivity index (χ3n) is 5.20. The molecule has 2 heterocycles. The molecular formula is C22H21ClN4O5S. The highest BCUT2D eigenvalue weighted by molar-refractivity contribution is 7.15. The van der Waals surface area contributed by atoms with Crippen LogP contribution in [0.1, 0.15) is 27.7 Å². The number of nitrogens with one attached hydrogen (secondary N) is 1. The van der Waals surface area contributed by atoms with Gasteiger partial charge in [-0.25, -0.2) is 0 Å². The number of anilines is 2. The first-order chi connectivity index (χ1) is 15.9. The Morgan fingerprint density at radius 3 is 2.36 bits per heavy atom. The summed E-state index contributed by atoms with van der Waals surface area (Å²) >= 11 is 7.18. The van der Waals surface area contributed by atoms with Gasteiger partial charge in [-0.2, -0.15) is 0 Å². The van der Waals surface area contributed by atoms with E-state index in [9.17, 15) is 9.59 Å². The molecule has 1 N–H and O–H groups in total. The van der Waals surface area contributed by atoms with Gasteiger partial charge >= 0.3 is 0 Å². The molecule has 2 aromatic carbocycles. The fourth-order valence-electron chi connectivity index (χ4n) is 3.58. The van der Waals surface area contributed by atoms with Crippen molar-refractivity contribution in [1.29, 1.82) is 0 Å². The number of hydrogen-bond acceptors (Lipinski definition) is 8. The van der Waals surface area contributed by atoms with Gasteiger partial charge in [-0.05, 0) is 36.4 Å². The van der Waals surface area contributed by atoms with Crippen molar-refractivity contribution in [2.24, 2.45) is 0 Å². The molecule has 1 aliphatic heterocycles. The van der Waals surface area contributed by atoms with Crippen LogP contribution in [-0.4, -0.2) is 49.9 Å². The highest BCUT2D eigenvalue weighted by Crippen LogP contribution is 2.39. The second kappa shape index (κ2) is 9.63. The highest BCUT2D eigenvalue weighted by Gasteiger charge is 2.34. The number of ether oxygens (including phenoxy) is 3. The van der Waals surface area contributed by atoms with E-state index in [1.165, 1.54) is 32.7 Å². The van der Waals surface area contributed by atoms with E-state index in [1.54, 1.807) is 29.2 Å². The molecule has 2 amide bonds. The second-order valence-electron chi connectivity index (χ2n) is 7.20. The average molecular weight is 489 g/mol. The molecule has 0 spiro atoms. The lowest BCUT2D eigenvalue weighted by Crippen LogP contribution is -2.24. The van der Waals surface area contributed by atoms with Gasteiger partial charge in [-0.15, -0.1) is 10.2 Å². The standard InChI is InChI=1S/C22H21ClN4O5S/c1-30-16-8-12(9-17(31-2)19(16)32-3)20(29)24-22-26-25-21(33-22)13-10-18(28)27(11-13)15-6-4-14(23)5-7-15/h4-9,13H,10-11H2,1-3H3,(H,24,26,29). The Hall–Kier alpha value is -3.37. The highest BCUT2D eigenvalue weighted by atomic mass is 35.5. The van der Waals surface area contributed by atoms with E-state index in [2.05, 4.69) is 15.5 Å². The van der Waals surface area contributed by atoms with Crippen LogP contribution < -0.4 is 24.4 Å². The Morgan fingerprint density at radius 2 is 1.76 bits per heavy atom. The molecule has 0 saturated carbocycles. The second-order valence-corrected chi connectivity index (χ2v) is 8.64. The zero-order valence-electron chi connectivity index (χ0n) is 18.1. The SMILES string of the molecule is COc1cc(C(=O)Nc2nnc(C3CC(=O)N(c4ccc(Cl)cc4)C3)s2)cc(OC)c1OC. The number of methoxy groups -OCH3 is 3. The molecule has 1 aliphatic rings. The van der Waals surface area contributed by atoms with Crippen molar-refractivity contribution in [3.05, 3.63) is 52.0 Å². The fraction of sp³-hybridized carbons (Fsp3) is 0.273. The minimum atomic E-state index is -0.401. The number of hydrogen-bond donors (Lipinski definition) is 1. The van der Waals surface area contributed by atoms with Crippen molar-refractivity contribution in [2.75, 3.05) is 38.1 Å². The molecule has 0 radical (unpaired) electrons. The number of carbonyl (C=O) groups is 2. The lowest BCUT2D eigenvalue weighted by Gasteiger charge is -2.16. The predicted octanol–water partition coefficient (Wildman–Crippen LogP) is 3.99. The Labute approximate surface area is 199 Å². The van der Waals surface area contributed by atoms with Crippen LogP contribution in [-0.2, 0) is 4.79 Å². The molecule has 9 nitrogen and oxygen atoms in total. The third kappa shape index (κ3) is 4.71. The molecule has 172 valence electrons. The van der Waals surface area contributed by atoms with E-state index in [-0.39, 0.29) is 11.8 Å². The quantitative estimate of drug-likeness (QED) is 0.536. The molecular weight excluding hydrogens is 468 g/mol. The van der Waals surface area contributed by atoms with Crippen molar-refractivity contribution < 1.29 is 23.8 Å². The molecule has 1 fully saturated rings. The first-order valence-electron chi connectivity index (χ1n) is 9.94. The van der Waals surface area contributed by atoms with Crippen molar-refractivity contribution >= 4 is 45.6 Å². The number of rotatable bonds is 7. The smallest absolute Gasteiger partial charge is 0.257 e. The summed E-state index contributed by atoms with van der Waals surface area (Å²) in [6, 6.07) is 10.2. The Morgan fingerprint density at radius 1 is 1.09 bits per heavy atom. The molecule has 3 aromatic rings. The van der Waals surface area contributed by atoms with Gasteiger partial charge in [0, 0.05) is 35.2 Å². The Kier molecular flexibility index (Phi) is 6.66. The first kappa shape index (κ1) is 22.8. The van der Waals surface area contributed by atoms with Crippen molar-refractivity contribution in [1.82, 2.24) is 10.2 Å². The van der Waals surface area contributed by atoms with Gasteiger partial charge in [0.05, 0.1) is 21.3 Å². The fourth-order valence-corrected chi connectivity index (χ4v) is 4.53. The zero-order chi connectivity index (χ0) is 23.5. The number of halogens is 1. The van der Waals surface area contributed by atoms with Crippen LogP contribution in [0.15, 0.2) is 36.4 Å². The maximum absolute atomic E-state index is 12.8. The molecule has 1 unspecified atom stereocenters. The lowest BCUT2D eigenvalue weighted by molar-refractivity contribution is -0.117. The van der Waals surface area contributed by atoms with E-state index in [0.717, 1.165) is 5.69 Å². The molecule has 0 aliphatic carbocycles. The first-order valence-corrected chi connectivity index (χ1v) is 11.1. The van der Waals surface area contributed by atoms with E-state index in [1.807, 2.05) is 12.1 Å². The Bertz CT molecular complexity index is 1160. The number of aromatic nitrogens is 2. The monoisotopic (exact) mass is 488 g/mol. The largest absolute Gasteiger partial charge is 0.493 e. The summed E-state index contributed by atoms with van der Waals surface area (Å²) in [5, 5.41) is 12.7. The van der Waals surface area contributed by atoms with Crippen LogP contribution in [0.4, 0.5) is 10.8 Å². The third-order valence-corrected chi connectivity index (χ3v) is 6.45. The van der Waals surface area contributed by atoms with Gasteiger partial charge in [-0.3, -0.25) is 14.9 Å². The van der Waals surface area contributed by atoms with E-state index >= 15 is 0 Å². The van der Waals surface area contributed by atoms with E-state index in [4.69, 9.17) is 25.8 Å². The molecule has 1 saturated heterocycles. The maximum Gasteiger partial charge on any atom is 0.257 e. The molecule has 1 atom stereocenters. The molecule has 0 bridgehead atoms. The summed E-state index contributed by atoms with van der Waals surface area (Å²) in [6.07, 6.45) is 0.318. The zero-order valence-corrected chi connectivity index (χ0v) is 19.7. The maximum atomic E-state index is 12.8. The lowest BCUT2D eigenvalue weighted by atomic mass is 10.1. The van der Waals surface area contributed by atoms with Gasteiger partial charge in [0.2, 0.25) is 16.8 Å². The molecule has 4 rings (SSSR count). The summed E-state index contributed by atoms with van der Waals surface area (Å²) in [6.45, 7) is 0.482. The number of nitrogens with zero attached hydrogens (tertiary/aromatic N) is 3. The van der Waals surface area contributed by atoms with E-state index in [0.29, 0.717) is 50.9 Å². The minimum absolute atomic E-state index is 0.000492. The van der Waals surface area contributed by atoms with Crippen molar-refractivity contribution in [3.63, 3.8) is 0 Å². The predicted molar refractivity (Wildman–Crippen MR) is 125 cm³/mol. The van der Waals surface area contributed by atoms with Gasteiger partial charge in [0.25, 0.3) is 5.91 Å². The van der Waals surface area contributed by atoms with Crippen LogP contribution in [0.2, 0.25) is 5.02 Å². The van der Waals surface area contributed by atoms with Gasteiger partial charge < -0.3 is 19.1 Å². The number of amides is 2. The number of carbonyl (C=O) groups excluding carboxylic acids is 2. The molecule has 33 heavy (non-hydrogen) atoms.